The minimum atomic E-state index is -1.11. The van der Waals surface area contributed by atoms with Crippen LogP contribution in [0.1, 0.15) is 58.6 Å². The van der Waals surface area contributed by atoms with E-state index in [2.05, 4.69) is 0 Å². The van der Waals surface area contributed by atoms with Crippen LogP contribution in [0.2, 0.25) is 0 Å². The van der Waals surface area contributed by atoms with E-state index in [-0.39, 0.29) is 11.2 Å². The number of hydrogen-bond acceptors (Lipinski definition) is 4. The highest BCUT2D eigenvalue weighted by Crippen LogP contribution is 2.37. The van der Waals surface area contributed by atoms with Gasteiger partial charge in [0.25, 0.3) is 0 Å². The fraction of sp³-hybridized carbons (Fsp3) is 0.478. The van der Waals surface area contributed by atoms with Crippen LogP contribution in [0.3, 0.4) is 0 Å². The summed E-state index contributed by atoms with van der Waals surface area (Å²) in [6.07, 6.45) is 2.56. The second-order valence-electron chi connectivity index (χ2n) is 9.13. The molecule has 0 amide bonds. The van der Waals surface area contributed by atoms with E-state index in [1.54, 1.807) is 0 Å². The van der Waals surface area contributed by atoms with E-state index in [1.165, 1.54) is 0 Å². The molecule has 1 aliphatic carbocycles. The van der Waals surface area contributed by atoms with Gasteiger partial charge in [0.15, 0.2) is 0 Å². The summed E-state index contributed by atoms with van der Waals surface area (Å²) in [7, 11) is -0.403. The van der Waals surface area contributed by atoms with Gasteiger partial charge < -0.3 is 19.2 Å². The number of hydrogen-bond donors (Lipinski definition) is 1. The summed E-state index contributed by atoms with van der Waals surface area (Å²) < 4.78 is 18.1. The first-order valence-corrected chi connectivity index (χ1v) is 10.0. The van der Waals surface area contributed by atoms with Crippen LogP contribution in [0.15, 0.2) is 48.5 Å². The van der Waals surface area contributed by atoms with Crippen LogP contribution >= 0.6 is 0 Å². The number of rotatable bonds is 5. The molecule has 1 saturated carbocycles. The van der Waals surface area contributed by atoms with Gasteiger partial charge in [0.05, 0.1) is 17.3 Å². The molecule has 5 heteroatoms. The number of aliphatic hydroxyl groups is 1. The first kappa shape index (κ1) is 19.5. The second kappa shape index (κ2) is 6.62. The van der Waals surface area contributed by atoms with Crippen LogP contribution < -0.4 is 10.2 Å². The van der Waals surface area contributed by atoms with E-state index in [0.717, 1.165) is 35.2 Å². The predicted octanol–water partition coefficient (Wildman–Crippen LogP) is 3.78. The van der Waals surface area contributed by atoms with Gasteiger partial charge in [0, 0.05) is 0 Å². The van der Waals surface area contributed by atoms with E-state index >= 15 is 0 Å². The molecule has 0 spiro atoms. The highest BCUT2D eigenvalue weighted by atomic mass is 16.7. The first-order chi connectivity index (χ1) is 13.1. The van der Waals surface area contributed by atoms with E-state index < -0.39 is 12.7 Å². The second-order valence-corrected chi connectivity index (χ2v) is 9.13. The molecule has 4 rings (SSSR count). The highest BCUT2D eigenvalue weighted by Gasteiger charge is 2.51. The van der Waals surface area contributed by atoms with Crippen LogP contribution in [-0.2, 0) is 14.9 Å². The maximum atomic E-state index is 11.2. The molecular formula is C23H29BO4. The summed E-state index contributed by atoms with van der Waals surface area (Å²) in [6, 6.07) is 15.6. The van der Waals surface area contributed by atoms with Gasteiger partial charge in [0.1, 0.15) is 11.4 Å². The monoisotopic (exact) mass is 380 g/mol. The van der Waals surface area contributed by atoms with Crippen molar-refractivity contribution in [3.05, 3.63) is 59.7 Å². The fourth-order valence-corrected chi connectivity index (χ4v) is 3.36. The third-order valence-corrected chi connectivity index (χ3v) is 6.22. The summed E-state index contributed by atoms with van der Waals surface area (Å²) >= 11 is 0. The lowest BCUT2D eigenvalue weighted by atomic mass is 9.77. The summed E-state index contributed by atoms with van der Waals surface area (Å²) in [5.41, 5.74) is 0.722. The fourth-order valence-electron chi connectivity index (χ4n) is 3.36. The van der Waals surface area contributed by atoms with E-state index in [9.17, 15) is 5.11 Å². The van der Waals surface area contributed by atoms with Gasteiger partial charge in [-0.2, -0.15) is 0 Å². The zero-order valence-electron chi connectivity index (χ0n) is 17.4. The molecule has 2 aromatic carbocycles. The topological polar surface area (TPSA) is 47.9 Å². The molecule has 1 saturated heterocycles. The van der Waals surface area contributed by atoms with Crippen LogP contribution in [0, 0.1) is 0 Å². The SMILES string of the molecule is CC(O)(c1ccc(B2OC(C)(C)C(C)(C)O2)cc1)c1cccc(OC2CC2)c1. The van der Waals surface area contributed by atoms with Crippen molar-refractivity contribution in [2.75, 3.05) is 0 Å². The largest absolute Gasteiger partial charge is 0.494 e. The third kappa shape index (κ3) is 3.59. The van der Waals surface area contributed by atoms with Crippen molar-refractivity contribution in [2.45, 2.75) is 70.4 Å². The lowest BCUT2D eigenvalue weighted by Crippen LogP contribution is -2.41. The van der Waals surface area contributed by atoms with Crippen molar-refractivity contribution >= 4 is 12.6 Å². The van der Waals surface area contributed by atoms with Gasteiger partial charge in [-0.05, 0) is 76.2 Å². The van der Waals surface area contributed by atoms with Crippen molar-refractivity contribution in [2.24, 2.45) is 0 Å². The van der Waals surface area contributed by atoms with E-state index in [0.29, 0.717) is 6.10 Å². The van der Waals surface area contributed by atoms with Crippen molar-refractivity contribution in [3.63, 3.8) is 0 Å². The van der Waals surface area contributed by atoms with Gasteiger partial charge in [0.2, 0.25) is 0 Å². The summed E-state index contributed by atoms with van der Waals surface area (Å²) in [6.45, 7) is 9.99. The predicted molar refractivity (Wildman–Crippen MR) is 111 cm³/mol. The summed E-state index contributed by atoms with van der Waals surface area (Å²) in [5, 5.41) is 11.2. The average Bonchev–Trinajstić information content (AvgIpc) is 3.41. The van der Waals surface area contributed by atoms with Crippen LogP contribution in [0.5, 0.6) is 5.75 Å². The summed E-state index contributed by atoms with van der Waals surface area (Å²) in [4.78, 5) is 0. The van der Waals surface area contributed by atoms with Crippen LogP contribution in [0.4, 0.5) is 0 Å². The highest BCUT2D eigenvalue weighted by molar-refractivity contribution is 6.62. The maximum Gasteiger partial charge on any atom is 0.494 e. The van der Waals surface area contributed by atoms with Crippen molar-refractivity contribution in [1.29, 1.82) is 0 Å². The molecule has 2 aliphatic rings. The minimum absolute atomic E-state index is 0.333. The molecule has 1 aliphatic heterocycles. The lowest BCUT2D eigenvalue weighted by Gasteiger charge is -2.32. The van der Waals surface area contributed by atoms with E-state index in [4.69, 9.17) is 14.0 Å². The molecule has 1 N–H and O–H groups in total. The van der Waals surface area contributed by atoms with Gasteiger partial charge in [-0.25, -0.2) is 0 Å². The van der Waals surface area contributed by atoms with Gasteiger partial charge in [-0.15, -0.1) is 0 Å². The molecule has 2 aromatic rings. The molecule has 4 nitrogen and oxygen atoms in total. The number of ether oxygens (including phenoxy) is 1. The quantitative estimate of drug-likeness (QED) is 0.802. The molecule has 28 heavy (non-hydrogen) atoms. The molecule has 1 atom stereocenters. The van der Waals surface area contributed by atoms with Crippen molar-refractivity contribution in [3.8, 4) is 5.75 Å². The third-order valence-electron chi connectivity index (χ3n) is 6.22. The van der Waals surface area contributed by atoms with Gasteiger partial charge in [-0.1, -0.05) is 36.4 Å². The minimum Gasteiger partial charge on any atom is -0.490 e. The zero-order valence-corrected chi connectivity index (χ0v) is 17.4. The Morgan fingerprint density at radius 1 is 0.964 bits per heavy atom. The normalized spacial score (nSPS) is 22.7. The van der Waals surface area contributed by atoms with Crippen molar-refractivity contribution < 1.29 is 19.2 Å². The Bertz CT molecular complexity index is 837. The Morgan fingerprint density at radius 3 is 2.14 bits per heavy atom. The molecule has 0 radical (unpaired) electrons. The lowest BCUT2D eigenvalue weighted by molar-refractivity contribution is 0.00578. The van der Waals surface area contributed by atoms with Crippen LogP contribution in [-0.4, -0.2) is 29.5 Å². The Hall–Kier alpha value is -1.82. The first-order valence-electron chi connectivity index (χ1n) is 10.0. The molecule has 148 valence electrons. The standard InChI is InChI=1S/C23H29BO4/c1-21(2)22(3,4)28-24(27-21)18-11-9-16(10-12-18)23(5,25)17-7-6-8-20(15-17)26-19-13-14-19/h6-12,15,19,25H,13-14H2,1-5H3. The Morgan fingerprint density at radius 2 is 1.57 bits per heavy atom. The van der Waals surface area contributed by atoms with Gasteiger partial charge in [-0.3, -0.25) is 0 Å². The average molecular weight is 380 g/mol. The number of benzene rings is 2. The Labute approximate surface area is 168 Å². The smallest absolute Gasteiger partial charge is 0.490 e. The Kier molecular flexibility index (Phi) is 4.61. The summed E-state index contributed by atoms with van der Waals surface area (Å²) in [5.74, 6) is 0.814. The molecule has 1 heterocycles. The molecule has 2 fully saturated rings. The zero-order chi connectivity index (χ0) is 20.2. The van der Waals surface area contributed by atoms with Gasteiger partial charge >= 0.3 is 7.12 Å². The maximum absolute atomic E-state index is 11.2. The molecule has 0 aromatic heterocycles. The van der Waals surface area contributed by atoms with E-state index in [1.807, 2.05) is 83.1 Å². The van der Waals surface area contributed by atoms with Crippen LogP contribution in [0.25, 0.3) is 0 Å². The molecular weight excluding hydrogens is 351 g/mol. The molecule has 1 unspecified atom stereocenters. The molecule has 0 bridgehead atoms. The van der Waals surface area contributed by atoms with Crippen molar-refractivity contribution in [1.82, 2.24) is 0 Å². The Balaban J connectivity index is 1.55.